The predicted molar refractivity (Wildman–Crippen MR) is 64.6 cm³/mol. The molecule has 1 unspecified atom stereocenters. The van der Waals surface area contributed by atoms with E-state index in [-0.39, 0.29) is 0 Å². The Kier molecular flexibility index (Phi) is 5.25. The molecular formula is C12H15ClO4. The zero-order valence-electron chi connectivity index (χ0n) is 9.52. The molecule has 0 aliphatic rings. The summed E-state index contributed by atoms with van der Waals surface area (Å²) in [5.74, 6) is -0.423. The van der Waals surface area contributed by atoms with Crippen molar-refractivity contribution in [3.63, 3.8) is 0 Å². The molecule has 5 heteroatoms. The molecule has 0 saturated heterocycles. The van der Waals surface area contributed by atoms with Crippen LogP contribution in [-0.2, 0) is 11.2 Å². The minimum absolute atomic E-state index is 0.313. The molecule has 2 N–H and O–H groups in total. The molecule has 0 bridgehead atoms. The molecule has 1 aromatic rings. The smallest absolute Gasteiger partial charge is 0.337 e. The Bertz CT molecular complexity index is 392. The standard InChI is InChI=1S/C12H15ClO4/c1-17-9-6-2-4-8(5-3-7-13)10(9)11(14)12(15)16/h2,4,6,11,14H,3,5,7H2,1H3,(H,15,16). The second-order valence-electron chi connectivity index (χ2n) is 3.57. The Morgan fingerprint density at radius 2 is 2.24 bits per heavy atom. The summed E-state index contributed by atoms with van der Waals surface area (Å²) in [4.78, 5) is 10.9. The van der Waals surface area contributed by atoms with E-state index in [1.807, 2.05) is 0 Å². The molecule has 4 nitrogen and oxygen atoms in total. The first-order valence-electron chi connectivity index (χ1n) is 5.24. The van der Waals surface area contributed by atoms with Crippen molar-refractivity contribution in [1.82, 2.24) is 0 Å². The van der Waals surface area contributed by atoms with Gasteiger partial charge in [0.2, 0.25) is 0 Å². The van der Waals surface area contributed by atoms with Gasteiger partial charge >= 0.3 is 5.97 Å². The SMILES string of the molecule is COc1cccc(CCCCl)c1C(O)C(=O)O. The fourth-order valence-corrected chi connectivity index (χ4v) is 1.81. The van der Waals surface area contributed by atoms with Gasteiger partial charge in [-0.1, -0.05) is 12.1 Å². The maximum absolute atomic E-state index is 10.9. The molecule has 0 saturated carbocycles. The van der Waals surface area contributed by atoms with Gasteiger partial charge < -0.3 is 14.9 Å². The molecule has 94 valence electrons. The van der Waals surface area contributed by atoms with Gasteiger partial charge in [-0.25, -0.2) is 4.79 Å². The number of carboxylic acid groups (broad SMARTS) is 1. The lowest BCUT2D eigenvalue weighted by Crippen LogP contribution is -2.14. The minimum atomic E-state index is -1.57. The first-order chi connectivity index (χ1) is 8.11. The third kappa shape index (κ3) is 3.35. The highest BCUT2D eigenvalue weighted by molar-refractivity contribution is 6.17. The number of ether oxygens (including phenoxy) is 1. The molecule has 1 atom stereocenters. The van der Waals surface area contributed by atoms with E-state index in [4.69, 9.17) is 21.4 Å². The maximum atomic E-state index is 10.9. The van der Waals surface area contributed by atoms with Crippen LogP contribution in [-0.4, -0.2) is 29.2 Å². The van der Waals surface area contributed by atoms with Crippen LogP contribution in [0.2, 0.25) is 0 Å². The molecule has 0 amide bonds. The second-order valence-corrected chi connectivity index (χ2v) is 3.94. The Morgan fingerprint density at radius 3 is 2.76 bits per heavy atom. The summed E-state index contributed by atoms with van der Waals surface area (Å²) in [5, 5.41) is 18.6. The Balaban J connectivity index is 3.15. The van der Waals surface area contributed by atoms with Crippen molar-refractivity contribution in [2.45, 2.75) is 18.9 Å². The van der Waals surface area contributed by atoms with Crippen molar-refractivity contribution in [2.24, 2.45) is 0 Å². The van der Waals surface area contributed by atoms with Crippen LogP contribution in [0.5, 0.6) is 5.75 Å². The van der Waals surface area contributed by atoms with Crippen molar-refractivity contribution in [3.8, 4) is 5.75 Å². The van der Waals surface area contributed by atoms with Crippen LogP contribution in [0.15, 0.2) is 18.2 Å². The number of aliphatic hydroxyl groups excluding tert-OH is 1. The first kappa shape index (κ1) is 13.8. The number of hydrogen-bond acceptors (Lipinski definition) is 3. The van der Waals surface area contributed by atoms with Crippen molar-refractivity contribution in [3.05, 3.63) is 29.3 Å². The van der Waals surface area contributed by atoms with Crippen LogP contribution in [0.3, 0.4) is 0 Å². The Hall–Kier alpha value is -1.26. The van der Waals surface area contributed by atoms with Gasteiger partial charge in [0.05, 0.1) is 7.11 Å². The fourth-order valence-electron chi connectivity index (χ4n) is 1.68. The average Bonchev–Trinajstić information content (AvgIpc) is 2.34. The van der Waals surface area contributed by atoms with Gasteiger partial charge in [-0.15, -0.1) is 11.6 Å². The molecular weight excluding hydrogens is 244 g/mol. The normalized spacial score (nSPS) is 12.2. The summed E-state index contributed by atoms with van der Waals surface area (Å²) in [6, 6.07) is 5.17. The molecule has 0 aliphatic carbocycles. The zero-order chi connectivity index (χ0) is 12.8. The van der Waals surface area contributed by atoms with Crippen LogP contribution in [0.25, 0.3) is 0 Å². The van der Waals surface area contributed by atoms with Crippen LogP contribution >= 0.6 is 11.6 Å². The van der Waals surface area contributed by atoms with E-state index in [1.54, 1.807) is 18.2 Å². The Labute approximate surface area is 105 Å². The van der Waals surface area contributed by atoms with Crippen LogP contribution in [0, 0.1) is 0 Å². The van der Waals surface area contributed by atoms with E-state index in [1.165, 1.54) is 7.11 Å². The van der Waals surface area contributed by atoms with E-state index in [0.717, 1.165) is 5.56 Å². The monoisotopic (exact) mass is 258 g/mol. The number of benzene rings is 1. The summed E-state index contributed by atoms with van der Waals surface area (Å²) < 4.78 is 5.08. The van der Waals surface area contributed by atoms with Crippen molar-refractivity contribution < 1.29 is 19.7 Å². The quantitative estimate of drug-likeness (QED) is 0.766. The number of alkyl halides is 1. The second kappa shape index (κ2) is 6.47. The van der Waals surface area contributed by atoms with E-state index >= 15 is 0 Å². The molecule has 0 spiro atoms. The third-order valence-electron chi connectivity index (χ3n) is 2.46. The molecule has 1 aromatic carbocycles. The van der Waals surface area contributed by atoms with Crippen molar-refractivity contribution in [1.29, 1.82) is 0 Å². The lowest BCUT2D eigenvalue weighted by atomic mass is 9.98. The van der Waals surface area contributed by atoms with Gasteiger partial charge in [-0.2, -0.15) is 0 Å². The fraction of sp³-hybridized carbons (Fsp3) is 0.417. The molecule has 0 aromatic heterocycles. The highest BCUT2D eigenvalue weighted by Gasteiger charge is 2.23. The number of carboxylic acids is 1. The largest absolute Gasteiger partial charge is 0.496 e. The zero-order valence-corrected chi connectivity index (χ0v) is 10.3. The van der Waals surface area contributed by atoms with Gasteiger partial charge in [0.15, 0.2) is 6.10 Å². The highest BCUT2D eigenvalue weighted by Crippen LogP contribution is 2.29. The van der Waals surface area contributed by atoms with Crippen LogP contribution in [0.1, 0.15) is 23.7 Å². The molecule has 1 rings (SSSR count). The summed E-state index contributed by atoms with van der Waals surface area (Å²) in [6.45, 7) is 0. The van der Waals surface area contributed by atoms with Crippen LogP contribution < -0.4 is 4.74 Å². The molecule has 0 radical (unpaired) electrons. The average molecular weight is 259 g/mol. The van der Waals surface area contributed by atoms with Gasteiger partial charge in [-0.05, 0) is 24.5 Å². The third-order valence-corrected chi connectivity index (χ3v) is 2.73. The van der Waals surface area contributed by atoms with E-state index < -0.39 is 12.1 Å². The first-order valence-corrected chi connectivity index (χ1v) is 5.78. The Morgan fingerprint density at radius 1 is 1.53 bits per heavy atom. The van der Waals surface area contributed by atoms with Gasteiger partial charge in [0.1, 0.15) is 5.75 Å². The van der Waals surface area contributed by atoms with E-state index in [9.17, 15) is 9.90 Å². The summed E-state index contributed by atoms with van der Waals surface area (Å²) in [5.41, 5.74) is 1.06. The predicted octanol–water partition coefficient (Wildman–Crippen LogP) is 1.98. The number of hydrogen-bond donors (Lipinski definition) is 2. The summed E-state index contributed by atoms with van der Waals surface area (Å²) in [6.07, 6.45) is -0.245. The topological polar surface area (TPSA) is 66.8 Å². The highest BCUT2D eigenvalue weighted by atomic mass is 35.5. The van der Waals surface area contributed by atoms with Gasteiger partial charge in [0, 0.05) is 11.4 Å². The number of rotatable bonds is 6. The van der Waals surface area contributed by atoms with Crippen molar-refractivity contribution >= 4 is 17.6 Å². The molecule has 0 fully saturated rings. The minimum Gasteiger partial charge on any atom is -0.496 e. The lowest BCUT2D eigenvalue weighted by Gasteiger charge is -2.16. The summed E-state index contributed by atoms with van der Waals surface area (Å²) in [7, 11) is 1.44. The molecule has 0 heterocycles. The van der Waals surface area contributed by atoms with E-state index in [2.05, 4.69) is 0 Å². The number of methoxy groups -OCH3 is 1. The van der Waals surface area contributed by atoms with Crippen LogP contribution in [0.4, 0.5) is 0 Å². The van der Waals surface area contributed by atoms with E-state index in [0.29, 0.717) is 30.0 Å². The van der Waals surface area contributed by atoms with Gasteiger partial charge in [0.25, 0.3) is 0 Å². The number of aliphatic carboxylic acids is 1. The number of carbonyl (C=O) groups is 1. The van der Waals surface area contributed by atoms with Gasteiger partial charge in [-0.3, -0.25) is 0 Å². The number of aryl methyl sites for hydroxylation is 1. The number of halogens is 1. The summed E-state index contributed by atoms with van der Waals surface area (Å²) >= 11 is 5.61. The number of aliphatic hydroxyl groups is 1. The lowest BCUT2D eigenvalue weighted by molar-refractivity contribution is -0.147. The van der Waals surface area contributed by atoms with Crippen molar-refractivity contribution in [2.75, 3.05) is 13.0 Å². The molecule has 17 heavy (non-hydrogen) atoms. The maximum Gasteiger partial charge on any atom is 0.337 e. The molecule has 0 aliphatic heterocycles.